The van der Waals surface area contributed by atoms with Crippen LogP contribution in [-0.2, 0) is 6.42 Å². The van der Waals surface area contributed by atoms with Crippen molar-refractivity contribution >= 4 is 28.2 Å². The second kappa shape index (κ2) is 10.5. The van der Waals surface area contributed by atoms with Crippen LogP contribution in [0.15, 0.2) is 78.9 Å². The van der Waals surface area contributed by atoms with Crippen LogP contribution in [-0.4, -0.2) is 48.8 Å². The lowest BCUT2D eigenvalue weighted by atomic mass is 10.1. The van der Waals surface area contributed by atoms with Crippen molar-refractivity contribution < 1.29 is 9.18 Å². The number of carbonyl (C=O) groups excluding carboxylic acids is 1. The molecule has 6 nitrogen and oxygen atoms in total. The van der Waals surface area contributed by atoms with Crippen LogP contribution in [0.3, 0.4) is 0 Å². The van der Waals surface area contributed by atoms with Crippen molar-refractivity contribution in [1.29, 1.82) is 0 Å². The molecule has 1 N–H and O–H groups in total. The van der Waals surface area contributed by atoms with E-state index >= 15 is 0 Å². The van der Waals surface area contributed by atoms with Gasteiger partial charge in [-0.3, -0.25) is 4.79 Å². The molecule has 1 aliphatic rings. The van der Waals surface area contributed by atoms with Crippen molar-refractivity contribution in [2.75, 3.05) is 42.5 Å². The number of amides is 1. The van der Waals surface area contributed by atoms with Gasteiger partial charge < -0.3 is 15.1 Å². The summed E-state index contributed by atoms with van der Waals surface area (Å²) in [5, 5.41) is 13.6. The zero-order valence-corrected chi connectivity index (χ0v) is 19.5. The molecule has 0 aliphatic carbocycles. The topological polar surface area (TPSA) is 61.4 Å². The van der Waals surface area contributed by atoms with Gasteiger partial charge in [0.2, 0.25) is 0 Å². The molecule has 0 unspecified atom stereocenters. The molecular formula is C28H28FN5O. The van der Waals surface area contributed by atoms with Gasteiger partial charge in [0, 0.05) is 49.2 Å². The fourth-order valence-corrected chi connectivity index (χ4v) is 4.54. The third kappa shape index (κ3) is 5.24. The lowest BCUT2D eigenvalue weighted by molar-refractivity contribution is 0.0949. The SMILES string of the molecule is O=C(NCCCc1ccccc1)c1nnc(N2CCN(c3ccc(F)cc3)CC2)c2ccccc12. The van der Waals surface area contributed by atoms with Gasteiger partial charge in [-0.15, -0.1) is 10.2 Å². The summed E-state index contributed by atoms with van der Waals surface area (Å²) >= 11 is 0. The fourth-order valence-electron chi connectivity index (χ4n) is 4.54. The van der Waals surface area contributed by atoms with E-state index in [2.05, 4.69) is 37.4 Å². The normalized spacial score (nSPS) is 13.7. The van der Waals surface area contributed by atoms with Crippen molar-refractivity contribution in [3.63, 3.8) is 0 Å². The second-order valence-electron chi connectivity index (χ2n) is 8.71. The number of rotatable bonds is 7. The first-order valence-electron chi connectivity index (χ1n) is 12.0. The lowest BCUT2D eigenvalue weighted by Gasteiger charge is -2.37. The summed E-state index contributed by atoms with van der Waals surface area (Å²) < 4.78 is 13.3. The van der Waals surface area contributed by atoms with Gasteiger partial charge in [-0.2, -0.15) is 0 Å². The Balaban J connectivity index is 1.25. The molecular weight excluding hydrogens is 441 g/mol. The number of aryl methyl sites for hydroxylation is 1. The molecule has 0 radical (unpaired) electrons. The molecule has 0 bridgehead atoms. The molecule has 178 valence electrons. The molecule has 2 heterocycles. The maximum atomic E-state index is 13.3. The number of anilines is 2. The Morgan fingerprint density at radius 2 is 1.46 bits per heavy atom. The van der Waals surface area contributed by atoms with E-state index < -0.39 is 0 Å². The van der Waals surface area contributed by atoms with E-state index in [9.17, 15) is 9.18 Å². The van der Waals surface area contributed by atoms with Crippen LogP contribution in [0.2, 0.25) is 0 Å². The van der Waals surface area contributed by atoms with Crippen LogP contribution in [0.25, 0.3) is 10.8 Å². The highest BCUT2D eigenvalue weighted by Crippen LogP contribution is 2.27. The van der Waals surface area contributed by atoms with E-state index in [1.165, 1.54) is 17.7 Å². The van der Waals surface area contributed by atoms with E-state index in [0.717, 1.165) is 61.3 Å². The van der Waals surface area contributed by atoms with Crippen molar-refractivity contribution in [3.05, 3.63) is 95.9 Å². The predicted octanol–water partition coefficient (Wildman–Crippen LogP) is 4.46. The van der Waals surface area contributed by atoms with Crippen LogP contribution < -0.4 is 15.1 Å². The summed E-state index contributed by atoms with van der Waals surface area (Å²) in [6, 6.07) is 24.7. The van der Waals surface area contributed by atoms with Gasteiger partial charge in [-0.1, -0.05) is 54.6 Å². The highest BCUT2D eigenvalue weighted by Gasteiger charge is 2.22. The Bertz CT molecular complexity index is 1290. The molecule has 1 fully saturated rings. The quantitative estimate of drug-likeness (QED) is 0.405. The highest BCUT2D eigenvalue weighted by molar-refractivity contribution is 6.07. The summed E-state index contributed by atoms with van der Waals surface area (Å²) in [5.41, 5.74) is 2.63. The maximum Gasteiger partial charge on any atom is 0.272 e. The summed E-state index contributed by atoms with van der Waals surface area (Å²) in [4.78, 5) is 17.4. The molecule has 1 aromatic heterocycles. The van der Waals surface area contributed by atoms with Gasteiger partial charge in [0.1, 0.15) is 5.82 Å². The second-order valence-corrected chi connectivity index (χ2v) is 8.71. The van der Waals surface area contributed by atoms with Crippen LogP contribution >= 0.6 is 0 Å². The number of carbonyl (C=O) groups is 1. The molecule has 5 rings (SSSR count). The number of piperazine rings is 1. The minimum Gasteiger partial charge on any atom is -0.368 e. The third-order valence-electron chi connectivity index (χ3n) is 6.42. The van der Waals surface area contributed by atoms with Gasteiger partial charge in [-0.05, 0) is 42.7 Å². The third-order valence-corrected chi connectivity index (χ3v) is 6.42. The van der Waals surface area contributed by atoms with Gasteiger partial charge >= 0.3 is 0 Å². The number of halogens is 1. The molecule has 35 heavy (non-hydrogen) atoms. The Labute approximate surface area is 204 Å². The van der Waals surface area contributed by atoms with Crippen LogP contribution in [0.4, 0.5) is 15.9 Å². The Kier molecular flexibility index (Phi) is 6.84. The van der Waals surface area contributed by atoms with Gasteiger partial charge in [-0.25, -0.2) is 4.39 Å². The molecule has 1 aliphatic heterocycles. The standard InChI is InChI=1S/C28H28FN5O/c29-22-12-14-23(15-13-22)33-17-19-34(20-18-33)27-25-11-5-4-10-24(25)26(31-32-27)28(35)30-16-6-9-21-7-2-1-3-8-21/h1-5,7-8,10-15H,6,9,16-20H2,(H,30,35). The van der Waals surface area contributed by atoms with Crippen molar-refractivity contribution in [2.45, 2.75) is 12.8 Å². The first kappa shape index (κ1) is 22.8. The van der Waals surface area contributed by atoms with Gasteiger partial charge in [0.05, 0.1) is 0 Å². The molecule has 1 amide bonds. The molecule has 0 saturated carbocycles. The molecule has 1 saturated heterocycles. The lowest BCUT2D eigenvalue weighted by Crippen LogP contribution is -2.47. The smallest absolute Gasteiger partial charge is 0.272 e. The number of fused-ring (bicyclic) bond motifs is 1. The zero-order chi connectivity index (χ0) is 24.0. The average Bonchev–Trinajstić information content (AvgIpc) is 2.91. The van der Waals surface area contributed by atoms with Crippen LogP contribution in [0.5, 0.6) is 0 Å². The van der Waals surface area contributed by atoms with Crippen molar-refractivity contribution in [3.8, 4) is 0 Å². The summed E-state index contributed by atoms with van der Waals surface area (Å²) in [6.07, 6.45) is 1.77. The minimum atomic E-state index is -0.227. The predicted molar refractivity (Wildman–Crippen MR) is 137 cm³/mol. The number of nitrogens with one attached hydrogen (secondary N) is 1. The van der Waals surface area contributed by atoms with Crippen molar-refractivity contribution in [2.24, 2.45) is 0 Å². The average molecular weight is 470 g/mol. The number of benzene rings is 3. The Morgan fingerprint density at radius 1 is 0.800 bits per heavy atom. The van der Waals surface area contributed by atoms with Crippen molar-refractivity contribution in [1.82, 2.24) is 15.5 Å². The molecule has 7 heteroatoms. The molecule has 3 aromatic carbocycles. The summed E-state index contributed by atoms with van der Waals surface area (Å²) in [6.45, 7) is 3.70. The molecule has 0 spiro atoms. The monoisotopic (exact) mass is 469 g/mol. The van der Waals surface area contributed by atoms with Gasteiger partial charge in [0.15, 0.2) is 11.5 Å². The highest BCUT2D eigenvalue weighted by atomic mass is 19.1. The first-order chi connectivity index (χ1) is 17.2. The summed E-state index contributed by atoms with van der Waals surface area (Å²) in [7, 11) is 0. The number of hydrogen-bond donors (Lipinski definition) is 1. The maximum absolute atomic E-state index is 13.3. The van der Waals surface area contributed by atoms with E-state index in [-0.39, 0.29) is 11.7 Å². The van der Waals surface area contributed by atoms with E-state index in [0.29, 0.717) is 12.2 Å². The largest absolute Gasteiger partial charge is 0.368 e. The Hall–Kier alpha value is -4.00. The summed E-state index contributed by atoms with van der Waals surface area (Å²) in [5.74, 6) is 0.365. The molecule has 4 aromatic rings. The number of nitrogens with zero attached hydrogens (tertiary/aromatic N) is 4. The van der Waals surface area contributed by atoms with E-state index in [4.69, 9.17) is 0 Å². The van der Waals surface area contributed by atoms with E-state index in [1.807, 2.05) is 54.6 Å². The first-order valence-corrected chi connectivity index (χ1v) is 12.0. The molecule has 0 atom stereocenters. The Morgan fingerprint density at radius 3 is 2.20 bits per heavy atom. The number of aromatic nitrogens is 2. The van der Waals surface area contributed by atoms with Gasteiger partial charge in [0.25, 0.3) is 5.91 Å². The zero-order valence-electron chi connectivity index (χ0n) is 19.5. The fraction of sp³-hybridized carbons (Fsp3) is 0.250. The van der Waals surface area contributed by atoms with Crippen LogP contribution in [0, 0.1) is 5.82 Å². The van der Waals surface area contributed by atoms with Crippen LogP contribution in [0.1, 0.15) is 22.5 Å². The van der Waals surface area contributed by atoms with E-state index in [1.54, 1.807) is 0 Å². The number of hydrogen-bond acceptors (Lipinski definition) is 5. The minimum absolute atomic E-state index is 0.200.